The van der Waals surface area contributed by atoms with Crippen LogP contribution in [0.15, 0.2) is 24.3 Å². The summed E-state index contributed by atoms with van der Waals surface area (Å²) in [4.78, 5) is 14.5. The highest BCUT2D eigenvalue weighted by Gasteiger charge is 2.25. The van der Waals surface area contributed by atoms with Gasteiger partial charge in [0.1, 0.15) is 5.75 Å². The highest BCUT2D eigenvalue weighted by atomic mass is 16.5. The number of piperidine rings is 1. The molecule has 0 saturated carbocycles. The first-order valence-corrected chi connectivity index (χ1v) is 7.81. The summed E-state index contributed by atoms with van der Waals surface area (Å²) in [5.74, 6) is 1.14. The van der Waals surface area contributed by atoms with Gasteiger partial charge in [0.05, 0.1) is 7.11 Å². The zero-order chi connectivity index (χ0) is 15.1. The Labute approximate surface area is 127 Å². The predicted octanol–water partition coefficient (Wildman–Crippen LogP) is 2.23. The fraction of sp³-hybridized carbons (Fsp3) is 0.588. The summed E-state index contributed by atoms with van der Waals surface area (Å²) in [5, 5.41) is 3.20. The zero-order valence-electron chi connectivity index (χ0n) is 13.1. The van der Waals surface area contributed by atoms with Gasteiger partial charge in [0, 0.05) is 25.6 Å². The minimum absolute atomic E-state index is 0.283. The summed E-state index contributed by atoms with van der Waals surface area (Å²) < 4.78 is 5.15. The fourth-order valence-corrected chi connectivity index (χ4v) is 2.96. The normalized spacial score (nSPS) is 18.6. The lowest BCUT2D eigenvalue weighted by Gasteiger charge is -2.36. The molecule has 0 spiro atoms. The monoisotopic (exact) mass is 290 g/mol. The van der Waals surface area contributed by atoms with Gasteiger partial charge in [-0.15, -0.1) is 0 Å². The number of amides is 1. The van der Waals surface area contributed by atoms with Crippen LogP contribution in [0.25, 0.3) is 0 Å². The Morgan fingerprint density at radius 1 is 1.33 bits per heavy atom. The number of ether oxygens (including phenoxy) is 1. The average Bonchev–Trinajstić information content (AvgIpc) is 2.54. The number of likely N-dealkylation sites (N-methyl/N-ethyl adjacent to an activating group) is 1. The number of hydrogen-bond acceptors (Lipinski definition) is 3. The van der Waals surface area contributed by atoms with E-state index in [-0.39, 0.29) is 5.91 Å². The van der Waals surface area contributed by atoms with E-state index >= 15 is 0 Å². The summed E-state index contributed by atoms with van der Waals surface area (Å²) >= 11 is 0. The van der Waals surface area contributed by atoms with Crippen molar-refractivity contribution < 1.29 is 9.53 Å². The molecule has 1 heterocycles. The van der Waals surface area contributed by atoms with Crippen molar-refractivity contribution in [2.24, 2.45) is 0 Å². The lowest BCUT2D eigenvalue weighted by atomic mass is 10.0. The lowest BCUT2D eigenvalue weighted by molar-refractivity contribution is -0.134. The van der Waals surface area contributed by atoms with Crippen LogP contribution in [-0.4, -0.2) is 44.1 Å². The number of benzene rings is 1. The molecule has 21 heavy (non-hydrogen) atoms. The standard InChI is InChI=1S/C17H26N2O2/c1-18-13-15-5-3-4-12-19(15)17(20)11-8-14-6-9-16(21-2)10-7-14/h6-7,9-10,15,18H,3-5,8,11-13H2,1-2H3. The van der Waals surface area contributed by atoms with Crippen LogP contribution in [0, 0.1) is 0 Å². The van der Waals surface area contributed by atoms with Gasteiger partial charge in [0.25, 0.3) is 0 Å². The molecule has 1 N–H and O–H groups in total. The molecule has 0 aliphatic carbocycles. The molecule has 2 rings (SSSR count). The van der Waals surface area contributed by atoms with Gasteiger partial charge in [-0.1, -0.05) is 12.1 Å². The molecule has 1 aromatic rings. The number of carbonyl (C=O) groups is 1. The van der Waals surface area contributed by atoms with Gasteiger partial charge in [-0.25, -0.2) is 0 Å². The van der Waals surface area contributed by atoms with Crippen molar-refractivity contribution in [3.05, 3.63) is 29.8 Å². The zero-order valence-corrected chi connectivity index (χ0v) is 13.1. The molecule has 1 aliphatic rings. The van der Waals surface area contributed by atoms with E-state index in [1.165, 1.54) is 12.0 Å². The van der Waals surface area contributed by atoms with Gasteiger partial charge >= 0.3 is 0 Å². The Kier molecular flexibility index (Phi) is 6.05. The van der Waals surface area contributed by atoms with E-state index in [1.807, 2.05) is 31.3 Å². The molecule has 0 bridgehead atoms. The van der Waals surface area contributed by atoms with Crippen LogP contribution in [0.4, 0.5) is 0 Å². The van der Waals surface area contributed by atoms with Crippen molar-refractivity contribution in [1.82, 2.24) is 10.2 Å². The molecule has 0 aromatic heterocycles. The summed E-state index contributed by atoms with van der Waals surface area (Å²) in [7, 11) is 3.62. The second-order valence-corrected chi connectivity index (χ2v) is 5.64. The number of rotatable bonds is 6. The van der Waals surface area contributed by atoms with Crippen LogP contribution in [0.2, 0.25) is 0 Å². The molecule has 1 unspecified atom stereocenters. The second-order valence-electron chi connectivity index (χ2n) is 5.64. The SMILES string of the molecule is CNCC1CCCCN1C(=O)CCc1ccc(OC)cc1. The van der Waals surface area contributed by atoms with Gasteiger partial charge < -0.3 is 15.0 Å². The number of nitrogens with zero attached hydrogens (tertiary/aromatic N) is 1. The fourth-order valence-electron chi connectivity index (χ4n) is 2.96. The van der Waals surface area contributed by atoms with E-state index in [9.17, 15) is 4.79 Å². The largest absolute Gasteiger partial charge is 0.497 e. The third kappa shape index (κ3) is 4.46. The maximum Gasteiger partial charge on any atom is 0.223 e. The number of methoxy groups -OCH3 is 1. The number of carbonyl (C=O) groups excluding carboxylic acids is 1. The Balaban J connectivity index is 1.87. The molecule has 4 heteroatoms. The van der Waals surface area contributed by atoms with Crippen LogP contribution < -0.4 is 10.1 Å². The molecule has 1 aromatic carbocycles. The van der Waals surface area contributed by atoms with Gasteiger partial charge in [-0.2, -0.15) is 0 Å². The first-order valence-electron chi connectivity index (χ1n) is 7.81. The maximum atomic E-state index is 12.5. The third-order valence-corrected chi connectivity index (χ3v) is 4.17. The quantitative estimate of drug-likeness (QED) is 0.873. The summed E-state index contributed by atoms with van der Waals surface area (Å²) in [6.45, 7) is 1.81. The van der Waals surface area contributed by atoms with E-state index in [2.05, 4.69) is 10.2 Å². The van der Waals surface area contributed by atoms with E-state index < -0.39 is 0 Å². The minimum atomic E-state index is 0.283. The van der Waals surface area contributed by atoms with E-state index in [1.54, 1.807) is 7.11 Å². The van der Waals surface area contributed by atoms with E-state index in [0.29, 0.717) is 12.5 Å². The van der Waals surface area contributed by atoms with Crippen molar-refractivity contribution in [2.75, 3.05) is 27.2 Å². The summed E-state index contributed by atoms with van der Waals surface area (Å²) in [5.41, 5.74) is 1.19. The molecule has 1 fully saturated rings. The van der Waals surface area contributed by atoms with Crippen molar-refractivity contribution in [1.29, 1.82) is 0 Å². The second kappa shape index (κ2) is 8.03. The van der Waals surface area contributed by atoms with Gasteiger partial charge in [-0.05, 0) is 50.4 Å². The molecule has 1 amide bonds. The summed E-state index contributed by atoms with van der Waals surface area (Å²) in [6, 6.07) is 8.34. The summed E-state index contributed by atoms with van der Waals surface area (Å²) in [6.07, 6.45) is 4.87. The third-order valence-electron chi connectivity index (χ3n) is 4.17. The van der Waals surface area contributed by atoms with E-state index in [4.69, 9.17) is 4.74 Å². The Morgan fingerprint density at radius 3 is 2.76 bits per heavy atom. The first kappa shape index (κ1) is 15.8. The van der Waals surface area contributed by atoms with Crippen LogP contribution in [-0.2, 0) is 11.2 Å². The van der Waals surface area contributed by atoms with Crippen molar-refractivity contribution in [2.45, 2.75) is 38.1 Å². The highest BCUT2D eigenvalue weighted by molar-refractivity contribution is 5.77. The Bertz CT molecular complexity index is 443. The molecular formula is C17H26N2O2. The molecule has 1 saturated heterocycles. The van der Waals surface area contributed by atoms with Gasteiger partial charge in [-0.3, -0.25) is 4.79 Å². The smallest absolute Gasteiger partial charge is 0.223 e. The molecule has 116 valence electrons. The number of nitrogens with one attached hydrogen (secondary N) is 1. The van der Waals surface area contributed by atoms with Crippen LogP contribution in [0.5, 0.6) is 5.75 Å². The first-order chi connectivity index (χ1) is 10.2. The number of likely N-dealkylation sites (tertiary alicyclic amines) is 1. The highest BCUT2D eigenvalue weighted by Crippen LogP contribution is 2.19. The van der Waals surface area contributed by atoms with Crippen molar-refractivity contribution >= 4 is 5.91 Å². The van der Waals surface area contributed by atoms with Crippen molar-refractivity contribution in [3.63, 3.8) is 0 Å². The average molecular weight is 290 g/mol. The predicted molar refractivity (Wildman–Crippen MR) is 84.6 cm³/mol. The van der Waals surface area contributed by atoms with Crippen LogP contribution in [0.1, 0.15) is 31.2 Å². The molecule has 1 atom stereocenters. The lowest BCUT2D eigenvalue weighted by Crippen LogP contribution is -2.48. The van der Waals surface area contributed by atoms with Crippen LogP contribution >= 0.6 is 0 Å². The molecule has 1 aliphatic heterocycles. The Hall–Kier alpha value is -1.55. The molecular weight excluding hydrogens is 264 g/mol. The van der Waals surface area contributed by atoms with Crippen molar-refractivity contribution in [3.8, 4) is 5.75 Å². The van der Waals surface area contributed by atoms with Crippen LogP contribution in [0.3, 0.4) is 0 Å². The topological polar surface area (TPSA) is 41.6 Å². The van der Waals surface area contributed by atoms with E-state index in [0.717, 1.165) is 38.1 Å². The number of aryl methyl sites for hydroxylation is 1. The number of hydrogen-bond donors (Lipinski definition) is 1. The van der Waals surface area contributed by atoms with Gasteiger partial charge in [0.15, 0.2) is 0 Å². The Morgan fingerprint density at radius 2 is 2.10 bits per heavy atom. The minimum Gasteiger partial charge on any atom is -0.497 e. The maximum absolute atomic E-state index is 12.5. The molecule has 0 radical (unpaired) electrons. The molecule has 4 nitrogen and oxygen atoms in total. The van der Waals surface area contributed by atoms with Gasteiger partial charge in [0.2, 0.25) is 5.91 Å².